The zero-order valence-corrected chi connectivity index (χ0v) is 19.5. The number of carbonyl (C=O) groups is 1. The third-order valence-corrected chi connectivity index (χ3v) is 6.99. The predicted octanol–water partition coefficient (Wildman–Crippen LogP) is 4.26. The molecule has 2 atom stereocenters. The number of ether oxygens (including phenoxy) is 2. The van der Waals surface area contributed by atoms with E-state index in [2.05, 4.69) is 11.9 Å². The van der Waals surface area contributed by atoms with Crippen molar-refractivity contribution in [3.8, 4) is 11.5 Å². The van der Waals surface area contributed by atoms with Crippen molar-refractivity contribution in [2.75, 3.05) is 39.3 Å². The fraction of sp³-hybridized carbons (Fsp3) is 0.520. The summed E-state index contributed by atoms with van der Waals surface area (Å²) in [6, 6.07) is 6.78. The molecule has 4 rings (SSSR count). The summed E-state index contributed by atoms with van der Waals surface area (Å²) in [6.07, 6.45) is 2.30. The first-order valence-electron chi connectivity index (χ1n) is 11.2. The van der Waals surface area contributed by atoms with Crippen LogP contribution in [-0.2, 0) is 4.79 Å². The molecule has 1 aromatic carbocycles. The van der Waals surface area contributed by atoms with Gasteiger partial charge in [-0.2, -0.15) is 0 Å². The van der Waals surface area contributed by atoms with Gasteiger partial charge in [0.15, 0.2) is 0 Å². The number of halogens is 1. The molecule has 32 heavy (non-hydrogen) atoms. The van der Waals surface area contributed by atoms with Crippen molar-refractivity contribution in [1.82, 2.24) is 9.88 Å². The lowest BCUT2D eigenvalue weighted by atomic mass is 9.88. The van der Waals surface area contributed by atoms with E-state index in [9.17, 15) is 9.18 Å². The predicted molar refractivity (Wildman–Crippen MR) is 122 cm³/mol. The van der Waals surface area contributed by atoms with Crippen LogP contribution in [-0.4, -0.2) is 56.2 Å². The number of aromatic nitrogens is 1. The van der Waals surface area contributed by atoms with Gasteiger partial charge in [-0.15, -0.1) is 0 Å². The summed E-state index contributed by atoms with van der Waals surface area (Å²) in [4.78, 5) is 22.1. The first-order chi connectivity index (χ1) is 15.3. The third-order valence-electron chi connectivity index (χ3n) is 6.99. The van der Waals surface area contributed by atoms with E-state index < -0.39 is 0 Å². The van der Waals surface area contributed by atoms with Gasteiger partial charge < -0.3 is 14.4 Å². The number of anilines is 1. The highest BCUT2D eigenvalue weighted by molar-refractivity contribution is 5.96. The molecule has 6 nitrogen and oxygen atoms in total. The van der Waals surface area contributed by atoms with Crippen LogP contribution >= 0.6 is 0 Å². The lowest BCUT2D eigenvalue weighted by molar-refractivity contribution is -0.117. The Bertz CT molecular complexity index is 981. The maximum atomic E-state index is 15.0. The molecule has 2 fully saturated rings. The van der Waals surface area contributed by atoms with Gasteiger partial charge in [0, 0.05) is 48.2 Å². The van der Waals surface area contributed by atoms with E-state index >= 15 is 0 Å². The van der Waals surface area contributed by atoms with Crippen molar-refractivity contribution in [3.05, 3.63) is 46.9 Å². The minimum Gasteiger partial charge on any atom is -0.497 e. The average molecular weight is 442 g/mol. The molecule has 2 aliphatic heterocycles. The number of hydrogen-bond donors (Lipinski definition) is 0. The van der Waals surface area contributed by atoms with E-state index in [-0.39, 0.29) is 30.1 Å². The molecule has 0 N–H and O–H groups in total. The van der Waals surface area contributed by atoms with E-state index in [1.807, 2.05) is 32.0 Å². The molecule has 0 radical (unpaired) electrons. The van der Waals surface area contributed by atoms with Gasteiger partial charge in [-0.1, -0.05) is 0 Å². The van der Waals surface area contributed by atoms with Crippen LogP contribution in [0.2, 0.25) is 0 Å². The number of piperidine rings is 1. The molecule has 172 valence electrons. The van der Waals surface area contributed by atoms with E-state index in [1.165, 1.54) is 13.2 Å². The molecule has 0 saturated carbocycles. The zero-order valence-electron chi connectivity index (χ0n) is 19.5. The Morgan fingerprint density at radius 3 is 2.34 bits per heavy atom. The summed E-state index contributed by atoms with van der Waals surface area (Å²) in [5.74, 6) is 1.46. The molecule has 2 aliphatic rings. The van der Waals surface area contributed by atoms with E-state index in [0.29, 0.717) is 28.8 Å². The van der Waals surface area contributed by atoms with Crippen molar-refractivity contribution in [3.63, 3.8) is 0 Å². The number of likely N-dealkylation sites (tertiary alicyclic amines) is 1. The number of rotatable bonds is 5. The molecule has 1 aromatic heterocycles. The van der Waals surface area contributed by atoms with Crippen molar-refractivity contribution in [1.29, 1.82) is 0 Å². The third kappa shape index (κ3) is 4.18. The Balaban J connectivity index is 1.67. The van der Waals surface area contributed by atoms with Gasteiger partial charge in [-0.3, -0.25) is 9.69 Å². The molecular weight excluding hydrogens is 409 g/mol. The Labute approximate surface area is 189 Å². The smallest absolute Gasteiger partial charge is 0.229 e. The molecule has 0 spiro atoms. The van der Waals surface area contributed by atoms with Crippen LogP contribution in [0.3, 0.4) is 0 Å². The van der Waals surface area contributed by atoms with Gasteiger partial charge in [-0.25, -0.2) is 9.37 Å². The van der Waals surface area contributed by atoms with Gasteiger partial charge >= 0.3 is 0 Å². The van der Waals surface area contributed by atoms with Crippen molar-refractivity contribution < 1.29 is 18.7 Å². The number of methoxy groups -OCH3 is 2. The Morgan fingerprint density at radius 2 is 1.72 bits per heavy atom. The monoisotopic (exact) mass is 441 g/mol. The number of carbonyl (C=O) groups excluding carboxylic acids is 1. The van der Waals surface area contributed by atoms with Crippen LogP contribution in [0.1, 0.15) is 54.8 Å². The number of amides is 1. The lowest BCUT2D eigenvalue weighted by Gasteiger charge is -2.30. The quantitative estimate of drug-likeness (QED) is 0.694. The number of hydrogen-bond acceptors (Lipinski definition) is 5. The maximum Gasteiger partial charge on any atom is 0.229 e. The first-order valence-corrected chi connectivity index (χ1v) is 11.2. The molecule has 2 aromatic rings. The van der Waals surface area contributed by atoms with Crippen LogP contribution in [0.15, 0.2) is 24.3 Å². The Hall–Kier alpha value is -2.67. The topological polar surface area (TPSA) is 54.9 Å². The summed E-state index contributed by atoms with van der Waals surface area (Å²) in [6.45, 7) is 5.88. The minimum atomic E-state index is -0.334. The summed E-state index contributed by atoms with van der Waals surface area (Å²) in [7, 11) is 5.28. The molecule has 0 unspecified atom stereocenters. The highest BCUT2D eigenvalue weighted by Crippen LogP contribution is 2.41. The van der Waals surface area contributed by atoms with E-state index in [4.69, 9.17) is 14.5 Å². The standard InChI is InChI=1S/C25H32FN3O3/c1-15-10-18(31-4)11-21(26)25(15)20-14-24(30)29(16(20)2)23-13-19(32-5)12-22(27-23)17-6-8-28(3)9-7-17/h10-13,16-17,20H,6-9,14H2,1-5H3/t16-,20-/m0/s1. The van der Waals surface area contributed by atoms with Crippen molar-refractivity contribution in [2.45, 2.75) is 51.0 Å². The fourth-order valence-corrected chi connectivity index (χ4v) is 5.12. The van der Waals surface area contributed by atoms with Crippen LogP contribution in [0.4, 0.5) is 10.2 Å². The van der Waals surface area contributed by atoms with Crippen LogP contribution < -0.4 is 14.4 Å². The summed E-state index contributed by atoms with van der Waals surface area (Å²) in [5.41, 5.74) is 2.33. The summed E-state index contributed by atoms with van der Waals surface area (Å²) >= 11 is 0. The minimum absolute atomic E-state index is 0.0489. The van der Waals surface area contributed by atoms with Crippen molar-refractivity contribution >= 4 is 11.7 Å². The second-order valence-electron chi connectivity index (χ2n) is 9.02. The van der Waals surface area contributed by atoms with E-state index in [1.54, 1.807) is 12.0 Å². The molecule has 0 aliphatic carbocycles. The number of benzene rings is 1. The Morgan fingerprint density at radius 1 is 1.06 bits per heavy atom. The van der Waals surface area contributed by atoms with Gasteiger partial charge in [0.2, 0.25) is 5.91 Å². The molecule has 0 bridgehead atoms. The summed E-state index contributed by atoms with van der Waals surface area (Å²) in [5, 5.41) is 0. The molecule has 7 heteroatoms. The molecule has 2 saturated heterocycles. The highest BCUT2D eigenvalue weighted by atomic mass is 19.1. The molecule has 1 amide bonds. The summed E-state index contributed by atoms with van der Waals surface area (Å²) < 4.78 is 25.7. The van der Waals surface area contributed by atoms with Crippen LogP contribution in [0.5, 0.6) is 11.5 Å². The van der Waals surface area contributed by atoms with E-state index in [0.717, 1.165) is 37.2 Å². The fourth-order valence-electron chi connectivity index (χ4n) is 5.12. The second-order valence-corrected chi connectivity index (χ2v) is 9.02. The van der Waals surface area contributed by atoms with Crippen LogP contribution in [0.25, 0.3) is 0 Å². The second kappa shape index (κ2) is 9.06. The van der Waals surface area contributed by atoms with Gasteiger partial charge in [0.25, 0.3) is 0 Å². The largest absolute Gasteiger partial charge is 0.497 e. The SMILES string of the molecule is COc1cc(C2CCN(C)CC2)nc(N2C(=O)C[C@H](c3c(C)cc(OC)cc3F)[C@@H]2C)c1. The maximum absolute atomic E-state index is 15.0. The first kappa shape index (κ1) is 22.5. The van der Waals surface area contributed by atoms with Crippen molar-refractivity contribution in [2.24, 2.45) is 0 Å². The molecule has 3 heterocycles. The average Bonchev–Trinajstić information content (AvgIpc) is 3.06. The van der Waals surface area contributed by atoms with Gasteiger partial charge in [0.05, 0.1) is 14.2 Å². The van der Waals surface area contributed by atoms with Crippen LogP contribution in [0, 0.1) is 12.7 Å². The normalized spacial score (nSPS) is 22.4. The zero-order chi connectivity index (χ0) is 23.0. The molecular formula is C25H32FN3O3. The number of pyridine rings is 1. The highest BCUT2D eigenvalue weighted by Gasteiger charge is 2.41. The Kier molecular flexibility index (Phi) is 6.38. The van der Waals surface area contributed by atoms with Gasteiger partial charge in [-0.05, 0) is 64.0 Å². The lowest BCUT2D eigenvalue weighted by Crippen LogP contribution is -2.34. The van der Waals surface area contributed by atoms with Gasteiger partial charge in [0.1, 0.15) is 23.1 Å². The number of aryl methyl sites for hydroxylation is 1. The number of nitrogens with zero attached hydrogens (tertiary/aromatic N) is 3.